The van der Waals surface area contributed by atoms with Gasteiger partial charge in [-0.05, 0) is 31.2 Å². The van der Waals surface area contributed by atoms with Crippen LogP contribution in [0.25, 0.3) is 0 Å². The van der Waals surface area contributed by atoms with Gasteiger partial charge in [-0.15, -0.1) is 0 Å². The first-order chi connectivity index (χ1) is 12.3. The van der Waals surface area contributed by atoms with Crippen molar-refractivity contribution in [3.05, 3.63) is 24.3 Å². The van der Waals surface area contributed by atoms with Gasteiger partial charge in [0.15, 0.2) is 0 Å². The van der Waals surface area contributed by atoms with E-state index in [1.165, 1.54) is 21.9 Å². The van der Waals surface area contributed by atoms with Crippen LogP contribution in [0.2, 0.25) is 0 Å². The number of nitrogens with zero attached hydrogens (tertiary/aromatic N) is 2. The average Bonchev–Trinajstić information content (AvgIpc) is 2.62. The van der Waals surface area contributed by atoms with Gasteiger partial charge >= 0.3 is 17.9 Å². The monoisotopic (exact) mass is 391 g/mol. The van der Waals surface area contributed by atoms with E-state index in [9.17, 15) is 26.8 Å². The Morgan fingerprint density at radius 1 is 1.12 bits per heavy atom. The molecule has 0 unspecified atom stereocenters. The largest absolute Gasteiger partial charge is 0.450 e. The van der Waals surface area contributed by atoms with Crippen molar-refractivity contribution >= 4 is 27.6 Å². The molecule has 144 valence electrons. The third-order valence-corrected chi connectivity index (χ3v) is 5.16. The second-order valence-electron chi connectivity index (χ2n) is 5.43. The molecule has 1 aliphatic heterocycles. The lowest BCUT2D eigenvalue weighted by Crippen LogP contribution is -2.51. The van der Waals surface area contributed by atoms with Crippen LogP contribution in [0.5, 0.6) is 0 Å². The number of hydrogen-bond acceptors (Lipinski definition) is 5. The predicted octanol–water partition coefficient (Wildman–Crippen LogP) is 1.99. The number of rotatable bonds is 4. The number of nitrogens with one attached hydrogen (secondary N) is 1. The summed E-state index contributed by atoms with van der Waals surface area (Å²) >= 11 is 0. The maximum Gasteiger partial charge on any atom is 0.409 e. The van der Waals surface area contributed by atoms with Crippen molar-refractivity contribution in [2.24, 2.45) is 0 Å². The van der Waals surface area contributed by atoms with E-state index in [1.54, 1.807) is 6.92 Å². The highest BCUT2D eigenvalue weighted by atomic mass is 32.2. The number of benzene rings is 1. The zero-order chi connectivity index (χ0) is 19.3. The molecule has 1 fully saturated rings. The summed E-state index contributed by atoms with van der Waals surface area (Å²) in [5.41, 5.74) is 0.274. The molecule has 3 amide bonds. The third kappa shape index (κ3) is 4.59. The number of urea groups is 1. The van der Waals surface area contributed by atoms with E-state index in [1.807, 2.05) is 0 Å². The molecule has 11 heteroatoms. The fraction of sp³-hybridized carbons (Fsp3) is 0.467. The molecule has 26 heavy (non-hydrogen) atoms. The van der Waals surface area contributed by atoms with Gasteiger partial charge in [0.2, 0.25) is 9.84 Å². The van der Waals surface area contributed by atoms with Gasteiger partial charge in [-0.25, -0.2) is 18.0 Å². The standard InChI is InChI=1S/C15H19F2N3O5S/c1-2-25-15(22)20-9-7-19(8-10-20)14(21)18-11-3-5-12(6-4-11)26(23,24)13(16)17/h3-6,13H,2,7-10H2,1H3,(H,18,21). The van der Waals surface area contributed by atoms with Crippen molar-refractivity contribution in [2.75, 3.05) is 38.1 Å². The molecule has 0 aliphatic carbocycles. The summed E-state index contributed by atoms with van der Waals surface area (Å²) < 4.78 is 52.6. The van der Waals surface area contributed by atoms with Crippen molar-refractivity contribution in [1.29, 1.82) is 0 Å². The van der Waals surface area contributed by atoms with Crippen LogP contribution in [0.4, 0.5) is 24.1 Å². The lowest BCUT2D eigenvalue weighted by molar-refractivity contribution is 0.0868. The topological polar surface area (TPSA) is 96.0 Å². The van der Waals surface area contributed by atoms with Gasteiger partial charge < -0.3 is 19.9 Å². The van der Waals surface area contributed by atoms with Crippen LogP contribution in [-0.4, -0.2) is 68.9 Å². The number of piperazine rings is 1. The molecule has 2 rings (SSSR count). The van der Waals surface area contributed by atoms with Crippen molar-refractivity contribution in [3.63, 3.8) is 0 Å². The summed E-state index contributed by atoms with van der Waals surface area (Å²) in [7, 11) is -4.67. The molecular weight excluding hydrogens is 372 g/mol. The number of carbonyl (C=O) groups excluding carboxylic acids is 2. The molecule has 1 aliphatic rings. The Hall–Kier alpha value is -2.43. The molecule has 0 atom stereocenters. The van der Waals surface area contributed by atoms with Crippen molar-refractivity contribution in [3.8, 4) is 0 Å². The Bertz CT molecular complexity index is 747. The number of anilines is 1. The normalized spacial score (nSPS) is 15.1. The first-order valence-corrected chi connectivity index (χ1v) is 9.40. The number of hydrogen-bond donors (Lipinski definition) is 1. The Morgan fingerprint density at radius 3 is 2.15 bits per heavy atom. The van der Waals surface area contributed by atoms with Crippen LogP contribution in [0, 0.1) is 0 Å². The van der Waals surface area contributed by atoms with Crippen LogP contribution in [-0.2, 0) is 14.6 Å². The molecule has 0 saturated carbocycles. The second-order valence-corrected chi connectivity index (χ2v) is 7.35. The van der Waals surface area contributed by atoms with Crippen molar-refractivity contribution in [1.82, 2.24) is 9.80 Å². The number of ether oxygens (including phenoxy) is 1. The van der Waals surface area contributed by atoms with E-state index in [0.29, 0.717) is 26.2 Å². The van der Waals surface area contributed by atoms with E-state index in [-0.39, 0.29) is 12.3 Å². The molecule has 0 spiro atoms. The zero-order valence-corrected chi connectivity index (χ0v) is 14.8. The van der Waals surface area contributed by atoms with E-state index in [2.05, 4.69) is 5.32 Å². The summed E-state index contributed by atoms with van der Waals surface area (Å²) in [6.07, 6.45) is -0.427. The highest BCUT2D eigenvalue weighted by Gasteiger charge is 2.27. The van der Waals surface area contributed by atoms with Crippen LogP contribution in [0.3, 0.4) is 0 Å². The molecule has 0 aromatic heterocycles. The number of halogens is 2. The SMILES string of the molecule is CCOC(=O)N1CCN(C(=O)Nc2ccc(S(=O)(=O)C(F)F)cc2)CC1. The number of carbonyl (C=O) groups is 2. The first-order valence-electron chi connectivity index (χ1n) is 7.85. The first kappa shape index (κ1) is 19.9. The summed E-state index contributed by atoms with van der Waals surface area (Å²) in [5, 5.41) is 2.56. The van der Waals surface area contributed by atoms with Crippen LogP contribution < -0.4 is 5.32 Å². The molecule has 1 aromatic rings. The summed E-state index contributed by atoms with van der Waals surface area (Å²) in [6.45, 7) is 3.26. The van der Waals surface area contributed by atoms with Gasteiger partial charge in [-0.3, -0.25) is 0 Å². The number of alkyl halides is 2. The summed E-state index contributed by atoms with van der Waals surface area (Å²) in [4.78, 5) is 26.3. The molecule has 1 saturated heterocycles. The zero-order valence-electron chi connectivity index (χ0n) is 14.0. The van der Waals surface area contributed by atoms with Gasteiger partial charge in [-0.2, -0.15) is 8.78 Å². The van der Waals surface area contributed by atoms with Gasteiger partial charge in [0.25, 0.3) is 0 Å². The Balaban J connectivity index is 1.92. The minimum Gasteiger partial charge on any atom is -0.450 e. The third-order valence-electron chi connectivity index (χ3n) is 3.76. The average molecular weight is 391 g/mol. The maximum absolute atomic E-state index is 12.5. The van der Waals surface area contributed by atoms with Gasteiger partial charge in [0, 0.05) is 31.9 Å². The van der Waals surface area contributed by atoms with Gasteiger partial charge in [0.1, 0.15) is 0 Å². The van der Waals surface area contributed by atoms with Crippen molar-refractivity contribution < 1.29 is 31.5 Å². The summed E-state index contributed by atoms with van der Waals surface area (Å²) in [5.74, 6) is -3.50. The molecular formula is C15H19F2N3O5S. The fourth-order valence-electron chi connectivity index (χ4n) is 2.34. The lowest BCUT2D eigenvalue weighted by Gasteiger charge is -2.34. The Morgan fingerprint density at radius 2 is 1.65 bits per heavy atom. The molecule has 8 nitrogen and oxygen atoms in total. The quantitative estimate of drug-likeness (QED) is 0.847. The van der Waals surface area contributed by atoms with Crippen molar-refractivity contribution in [2.45, 2.75) is 17.6 Å². The Kier molecular flexibility index (Phi) is 6.35. The Labute approximate surface area is 149 Å². The summed E-state index contributed by atoms with van der Waals surface area (Å²) in [6, 6.07) is 4.06. The number of amides is 3. The molecule has 1 aromatic carbocycles. The maximum atomic E-state index is 12.5. The molecule has 0 bridgehead atoms. The van der Waals surface area contributed by atoms with E-state index in [0.717, 1.165) is 12.1 Å². The van der Waals surface area contributed by atoms with Crippen LogP contribution >= 0.6 is 0 Å². The van der Waals surface area contributed by atoms with Gasteiger partial charge in [-0.1, -0.05) is 0 Å². The minimum atomic E-state index is -4.67. The molecule has 1 N–H and O–H groups in total. The number of sulfone groups is 1. The minimum absolute atomic E-state index is 0.274. The van der Waals surface area contributed by atoms with E-state index in [4.69, 9.17) is 4.74 Å². The smallest absolute Gasteiger partial charge is 0.409 e. The predicted molar refractivity (Wildman–Crippen MR) is 88.8 cm³/mol. The van der Waals surface area contributed by atoms with E-state index >= 15 is 0 Å². The van der Waals surface area contributed by atoms with E-state index < -0.39 is 32.6 Å². The fourth-order valence-corrected chi connectivity index (χ4v) is 3.06. The molecule has 1 heterocycles. The highest BCUT2D eigenvalue weighted by molar-refractivity contribution is 7.91. The molecule has 0 radical (unpaired) electrons. The lowest BCUT2D eigenvalue weighted by atomic mass is 10.3. The van der Waals surface area contributed by atoms with Crippen LogP contribution in [0.15, 0.2) is 29.2 Å². The van der Waals surface area contributed by atoms with Crippen LogP contribution in [0.1, 0.15) is 6.92 Å². The highest BCUT2D eigenvalue weighted by Crippen LogP contribution is 2.20. The van der Waals surface area contributed by atoms with Gasteiger partial charge in [0.05, 0.1) is 11.5 Å². The second kappa shape index (κ2) is 8.30.